The van der Waals surface area contributed by atoms with Crippen LogP contribution in [0, 0.1) is 0 Å². The Morgan fingerprint density at radius 2 is 1.28 bits per heavy atom. The summed E-state index contributed by atoms with van der Waals surface area (Å²) >= 11 is 0. The Balaban J connectivity index is 0.000000511. The van der Waals surface area contributed by atoms with Crippen LogP contribution in [0.4, 0.5) is 5.69 Å². The van der Waals surface area contributed by atoms with Crippen molar-refractivity contribution in [2.24, 2.45) is 0 Å². The van der Waals surface area contributed by atoms with Crippen molar-refractivity contribution in [3.63, 3.8) is 0 Å². The van der Waals surface area contributed by atoms with E-state index >= 15 is 0 Å². The Morgan fingerprint density at radius 1 is 0.681 bits per heavy atom. The first-order valence-electron chi connectivity index (χ1n) is 15.8. The smallest absolute Gasteiger partial charge is 0.357 e. The van der Waals surface area contributed by atoms with E-state index in [1.54, 1.807) is 65.7 Å². The number of hydrogen-bond donors (Lipinski definition) is 3. The molecular formula is C38H42N2O7. The van der Waals surface area contributed by atoms with Gasteiger partial charge < -0.3 is 20.8 Å². The van der Waals surface area contributed by atoms with Crippen molar-refractivity contribution < 1.29 is 34.2 Å². The van der Waals surface area contributed by atoms with Crippen molar-refractivity contribution in [2.75, 3.05) is 18.8 Å². The number of rotatable bonds is 14. The molecule has 4 aromatic carbocycles. The monoisotopic (exact) mass is 638 g/mol. The average Bonchev–Trinajstić information content (AvgIpc) is 3.09. The van der Waals surface area contributed by atoms with E-state index in [2.05, 4.69) is 6.92 Å². The van der Waals surface area contributed by atoms with E-state index in [0.717, 1.165) is 25.7 Å². The van der Waals surface area contributed by atoms with Crippen LogP contribution >= 0.6 is 0 Å². The molecule has 246 valence electrons. The fourth-order valence-corrected chi connectivity index (χ4v) is 5.03. The molecule has 0 fully saturated rings. The van der Waals surface area contributed by atoms with E-state index in [1.165, 1.54) is 24.3 Å². The Labute approximate surface area is 275 Å². The summed E-state index contributed by atoms with van der Waals surface area (Å²) in [5, 5.41) is 20.4. The van der Waals surface area contributed by atoms with Crippen LogP contribution in [0.5, 0.6) is 5.75 Å². The first kappa shape index (κ1) is 36.2. The second-order valence-electron chi connectivity index (χ2n) is 10.8. The molecule has 4 rings (SSSR count). The molecule has 0 aromatic heterocycles. The predicted molar refractivity (Wildman–Crippen MR) is 182 cm³/mol. The zero-order valence-electron chi connectivity index (χ0n) is 27.1. The molecule has 4 N–H and O–H groups in total. The van der Waals surface area contributed by atoms with Gasteiger partial charge in [0, 0.05) is 35.5 Å². The quantitative estimate of drug-likeness (QED) is 0.0558. The first-order chi connectivity index (χ1) is 22.6. The second kappa shape index (κ2) is 18.0. The normalized spacial score (nSPS) is 10.6. The Bertz CT molecular complexity index is 1680. The summed E-state index contributed by atoms with van der Waals surface area (Å²) in [5.74, 6) is -2.53. The molecule has 0 aliphatic carbocycles. The van der Waals surface area contributed by atoms with E-state index in [-0.39, 0.29) is 39.4 Å². The van der Waals surface area contributed by atoms with Crippen molar-refractivity contribution in [2.45, 2.75) is 52.9 Å². The molecule has 0 aliphatic heterocycles. The third-order valence-corrected chi connectivity index (χ3v) is 7.58. The number of aromatic hydroxyl groups is 1. The van der Waals surface area contributed by atoms with Gasteiger partial charge in [-0.2, -0.15) is 0 Å². The molecule has 9 heteroatoms. The van der Waals surface area contributed by atoms with Crippen LogP contribution in [0.1, 0.15) is 105 Å². The Hall–Kier alpha value is -5.28. The number of nitrogen functional groups attached to an aromatic ring is 1. The van der Waals surface area contributed by atoms with E-state index in [1.807, 2.05) is 19.9 Å². The molecule has 0 saturated heterocycles. The molecule has 0 aliphatic rings. The number of phenolic OH excluding ortho intramolecular Hbond substituents is 1. The number of anilines is 1. The van der Waals surface area contributed by atoms with Gasteiger partial charge >= 0.3 is 11.9 Å². The van der Waals surface area contributed by atoms with Crippen LogP contribution in [0.3, 0.4) is 0 Å². The molecule has 0 radical (unpaired) electrons. The number of carboxylic acids is 1. The van der Waals surface area contributed by atoms with Gasteiger partial charge in [0.05, 0.1) is 16.7 Å². The number of aromatic carboxylic acids is 1. The van der Waals surface area contributed by atoms with Gasteiger partial charge in [0.2, 0.25) is 0 Å². The molecule has 0 spiro atoms. The van der Waals surface area contributed by atoms with Gasteiger partial charge in [0.1, 0.15) is 5.75 Å². The fraction of sp³-hybridized carbons (Fsp3) is 0.263. The minimum Gasteiger partial charge on any atom is -0.507 e. The molecule has 0 bridgehead atoms. The minimum atomic E-state index is -0.988. The summed E-state index contributed by atoms with van der Waals surface area (Å²) in [7, 11) is 0. The third-order valence-electron chi connectivity index (χ3n) is 7.58. The highest BCUT2D eigenvalue weighted by Gasteiger charge is 2.29. The van der Waals surface area contributed by atoms with E-state index in [9.17, 15) is 24.3 Å². The van der Waals surface area contributed by atoms with Gasteiger partial charge in [0.25, 0.3) is 0 Å². The molecule has 0 unspecified atom stereocenters. The topological polar surface area (TPSA) is 147 Å². The largest absolute Gasteiger partial charge is 0.507 e. The van der Waals surface area contributed by atoms with E-state index in [0.29, 0.717) is 36.3 Å². The number of para-hydroxylation sites is 2. The van der Waals surface area contributed by atoms with Crippen LogP contribution in [0.25, 0.3) is 0 Å². The summed E-state index contributed by atoms with van der Waals surface area (Å²) in [4.78, 5) is 56.8. The molecule has 0 amide bonds. The number of carbonyl (C=O) groups is 4. The number of nitrogens with two attached hydrogens (primary N) is 1. The van der Waals surface area contributed by atoms with E-state index in [4.69, 9.17) is 15.7 Å². The SMILES string of the molecule is CCCCCCc1c(C(=O)ON(CC)CC)ccc(C(=O)c2ccccc2O)c1C(=O)c1ccccc1.Nc1ccccc1C(=O)O. The lowest BCUT2D eigenvalue weighted by Gasteiger charge is -2.21. The maximum atomic E-state index is 13.9. The number of nitrogens with zero attached hydrogens (tertiary/aromatic N) is 1. The molecule has 0 saturated carbocycles. The molecule has 0 heterocycles. The highest BCUT2D eigenvalue weighted by molar-refractivity contribution is 6.21. The van der Waals surface area contributed by atoms with E-state index < -0.39 is 17.7 Å². The van der Waals surface area contributed by atoms with Crippen LogP contribution in [-0.4, -0.2) is 51.9 Å². The minimum absolute atomic E-state index is 0.0972. The van der Waals surface area contributed by atoms with Crippen molar-refractivity contribution in [1.29, 1.82) is 0 Å². The summed E-state index contributed by atoms with van der Waals surface area (Å²) < 4.78 is 0. The van der Waals surface area contributed by atoms with Crippen LogP contribution < -0.4 is 5.73 Å². The van der Waals surface area contributed by atoms with Crippen molar-refractivity contribution in [3.05, 3.63) is 130 Å². The standard InChI is InChI=1S/C31H35NO5.C7H7NO2/c1-4-7-8-12-17-23-24(31(36)37-32(5-2)6-3)20-21-26(30(35)25-18-13-14-19-27(25)33)28(23)29(34)22-15-10-9-11-16-22;8-6-4-2-1-3-5(6)7(9)10/h9-11,13-16,18-21,33H,4-8,12,17H2,1-3H3;1-4H,8H2,(H,9,10). The van der Waals surface area contributed by atoms with Crippen LogP contribution in [0.2, 0.25) is 0 Å². The zero-order valence-corrected chi connectivity index (χ0v) is 27.1. The average molecular weight is 639 g/mol. The lowest BCUT2D eigenvalue weighted by Crippen LogP contribution is -2.28. The summed E-state index contributed by atoms with van der Waals surface area (Å²) in [6.07, 6.45) is 4.19. The third kappa shape index (κ3) is 9.61. The molecule has 47 heavy (non-hydrogen) atoms. The highest BCUT2D eigenvalue weighted by Crippen LogP contribution is 2.30. The highest BCUT2D eigenvalue weighted by atomic mass is 16.7. The second-order valence-corrected chi connectivity index (χ2v) is 10.8. The van der Waals surface area contributed by atoms with Crippen molar-refractivity contribution >= 4 is 29.2 Å². The summed E-state index contributed by atoms with van der Waals surface area (Å²) in [6, 6.07) is 24.4. The Morgan fingerprint density at radius 3 is 1.85 bits per heavy atom. The van der Waals surface area contributed by atoms with Gasteiger partial charge in [-0.05, 0) is 68.7 Å². The number of phenols is 1. The summed E-state index contributed by atoms with van der Waals surface area (Å²) in [5.41, 5.74) is 7.42. The molecule has 0 atom stereocenters. The van der Waals surface area contributed by atoms with Gasteiger partial charge in [-0.25, -0.2) is 9.59 Å². The fourth-order valence-electron chi connectivity index (χ4n) is 5.03. The first-order valence-corrected chi connectivity index (χ1v) is 15.8. The maximum absolute atomic E-state index is 13.9. The van der Waals surface area contributed by atoms with Crippen LogP contribution in [0.15, 0.2) is 91.0 Å². The lowest BCUT2D eigenvalue weighted by atomic mass is 9.85. The zero-order chi connectivity index (χ0) is 34.3. The number of benzene rings is 4. The Kier molecular flexibility index (Phi) is 13.9. The van der Waals surface area contributed by atoms with Crippen molar-refractivity contribution in [1.82, 2.24) is 5.06 Å². The predicted octanol–water partition coefficient (Wildman–Crippen LogP) is 7.36. The number of unbranched alkanes of at least 4 members (excludes halogenated alkanes) is 3. The van der Waals surface area contributed by atoms with Gasteiger partial charge in [-0.1, -0.05) is 80.8 Å². The molecule has 4 aromatic rings. The van der Waals surface area contributed by atoms with Gasteiger partial charge in [-0.3, -0.25) is 9.59 Å². The summed E-state index contributed by atoms with van der Waals surface area (Å²) in [6.45, 7) is 6.94. The molecule has 9 nitrogen and oxygen atoms in total. The van der Waals surface area contributed by atoms with Crippen LogP contribution in [-0.2, 0) is 11.3 Å². The number of hydrogen-bond acceptors (Lipinski definition) is 8. The maximum Gasteiger partial charge on any atom is 0.357 e. The molecular weight excluding hydrogens is 596 g/mol. The number of carbonyl (C=O) groups excluding carboxylic acids is 3. The lowest BCUT2D eigenvalue weighted by molar-refractivity contribution is -0.103. The van der Waals surface area contributed by atoms with Crippen molar-refractivity contribution in [3.8, 4) is 5.75 Å². The van der Waals surface area contributed by atoms with Gasteiger partial charge in [-0.15, -0.1) is 5.06 Å². The van der Waals surface area contributed by atoms with Gasteiger partial charge in [0.15, 0.2) is 11.6 Å². The number of ketones is 2. The number of carboxylic acid groups (broad SMARTS) is 1. The number of hydroxylamine groups is 2.